The number of rotatable bonds is 5. The van der Waals surface area contributed by atoms with Gasteiger partial charge < -0.3 is 20.2 Å². The summed E-state index contributed by atoms with van der Waals surface area (Å²) >= 11 is 0. The lowest BCUT2D eigenvalue weighted by atomic mass is 9.99. The average Bonchev–Trinajstić information content (AvgIpc) is 3.17. The van der Waals surface area contributed by atoms with Crippen LogP contribution in [0.1, 0.15) is 19.3 Å². The Morgan fingerprint density at radius 3 is 2.54 bits per heavy atom. The molecule has 2 saturated heterocycles. The fourth-order valence-corrected chi connectivity index (χ4v) is 3.96. The maximum absolute atomic E-state index is 9.46. The highest BCUT2D eigenvalue weighted by Crippen LogP contribution is 2.26. The van der Waals surface area contributed by atoms with Gasteiger partial charge in [0.05, 0.1) is 0 Å². The van der Waals surface area contributed by atoms with Gasteiger partial charge in [0.1, 0.15) is 18.0 Å². The summed E-state index contributed by atoms with van der Waals surface area (Å²) in [6.07, 6.45) is 4.98. The number of piperidine rings is 1. The molecule has 0 amide bonds. The zero-order chi connectivity index (χ0) is 17.8. The van der Waals surface area contributed by atoms with E-state index in [4.69, 9.17) is 0 Å². The molecule has 2 N–H and O–H groups in total. The second-order valence-electron chi connectivity index (χ2n) is 7.31. The van der Waals surface area contributed by atoms with E-state index in [1.54, 1.807) is 6.33 Å². The molecule has 0 aliphatic carbocycles. The molecular weight excluding hydrogens is 326 g/mol. The molecule has 2 atom stereocenters. The summed E-state index contributed by atoms with van der Waals surface area (Å²) in [7, 11) is 0. The van der Waals surface area contributed by atoms with Gasteiger partial charge in [0, 0.05) is 50.6 Å². The molecule has 0 saturated carbocycles. The number of hydrogen-bond acceptors (Lipinski definition) is 6. The normalized spacial score (nSPS) is 23.3. The van der Waals surface area contributed by atoms with Crippen molar-refractivity contribution in [3.8, 4) is 0 Å². The second-order valence-corrected chi connectivity index (χ2v) is 7.31. The zero-order valence-corrected chi connectivity index (χ0v) is 15.1. The molecule has 0 bridgehead atoms. The minimum Gasteiger partial charge on any atom is -0.396 e. The predicted molar refractivity (Wildman–Crippen MR) is 105 cm³/mol. The lowest BCUT2D eigenvalue weighted by molar-refractivity contribution is 0.208. The zero-order valence-electron chi connectivity index (χ0n) is 15.1. The number of para-hydroxylation sites is 1. The number of nitrogens with zero attached hydrogens (tertiary/aromatic N) is 4. The molecule has 6 nitrogen and oxygen atoms in total. The van der Waals surface area contributed by atoms with Gasteiger partial charge in [-0.15, -0.1) is 0 Å². The molecule has 26 heavy (non-hydrogen) atoms. The van der Waals surface area contributed by atoms with E-state index in [1.807, 2.05) is 6.07 Å². The minimum atomic E-state index is 0.257. The highest BCUT2D eigenvalue weighted by atomic mass is 16.3. The van der Waals surface area contributed by atoms with E-state index in [9.17, 15) is 5.11 Å². The lowest BCUT2D eigenvalue weighted by Crippen LogP contribution is -2.37. The van der Waals surface area contributed by atoms with Crippen molar-refractivity contribution in [2.75, 3.05) is 47.9 Å². The standard InChI is InChI=1S/C20H27N5O/c26-14-16-5-4-9-24(12-16)19-11-20(22-15-21-19)25-10-8-18(13-25)23-17-6-2-1-3-7-17/h1-3,6-7,11,15-16,18,23,26H,4-5,8-10,12-14H2. The van der Waals surface area contributed by atoms with E-state index in [-0.39, 0.29) is 6.61 Å². The van der Waals surface area contributed by atoms with Crippen LogP contribution in [0.3, 0.4) is 0 Å². The molecular formula is C20H27N5O. The van der Waals surface area contributed by atoms with Crippen LogP contribution in [0.2, 0.25) is 0 Å². The summed E-state index contributed by atoms with van der Waals surface area (Å²) < 4.78 is 0. The first kappa shape index (κ1) is 17.1. The maximum atomic E-state index is 9.46. The van der Waals surface area contributed by atoms with E-state index in [0.29, 0.717) is 12.0 Å². The molecule has 2 unspecified atom stereocenters. The lowest BCUT2D eigenvalue weighted by Gasteiger charge is -2.33. The van der Waals surface area contributed by atoms with Gasteiger partial charge in [0.15, 0.2) is 0 Å². The van der Waals surface area contributed by atoms with E-state index >= 15 is 0 Å². The van der Waals surface area contributed by atoms with Crippen molar-refractivity contribution in [3.05, 3.63) is 42.7 Å². The van der Waals surface area contributed by atoms with Crippen molar-refractivity contribution in [3.63, 3.8) is 0 Å². The topological polar surface area (TPSA) is 64.5 Å². The van der Waals surface area contributed by atoms with Gasteiger partial charge in [-0.2, -0.15) is 0 Å². The minimum absolute atomic E-state index is 0.257. The van der Waals surface area contributed by atoms with Crippen LogP contribution in [0, 0.1) is 5.92 Å². The Morgan fingerprint density at radius 2 is 1.77 bits per heavy atom. The van der Waals surface area contributed by atoms with E-state index < -0.39 is 0 Å². The molecule has 2 aliphatic heterocycles. The van der Waals surface area contributed by atoms with Crippen LogP contribution in [-0.2, 0) is 0 Å². The van der Waals surface area contributed by atoms with Crippen LogP contribution in [0.25, 0.3) is 0 Å². The van der Waals surface area contributed by atoms with Crippen molar-refractivity contribution in [1.82, 2.24) is 9.97 Å². The van der Waals surface area contributed by atoms with Gasteiger partial charge in [0.2, 0.25) is 0 Å². The van der Waals surface area contributed by atoms with E-state index in [1.165, 1.54) is 5.69 Å². The largest absolute Gasteiger partial charge is 0.396 e. The molecule has 0 radical (unpaired) electrons. The van der Waals surface area contributed by atoms with Crippen LogP contribution in [-0.4, -0.2) is 53.9 Å². The number of nitrogens with one attached hydrogen (secondary N) is 1. The highest BCUT2D eigenvalue weighted by Gasteiger charge is 2.25. The summed E-state index contributed by atoms with van der Waals surface area (Å²) in [5.74, 6) is 2.33. The van der Waals surface area contributed by atoms with Crippen LogP contribution < -0.4 is 15.1 Å². The first-order chi connectivity index (χ1) is 12.8. The van der Waals surface area contributed by atoms with Gasteiger partial charge in [-0.1, -0.05) is 18.2 Å². The van der Waals surface area contributed by atoms with Gasteiger partial charge in [-0.05, 0) is 37.3 Å². The monoisotopic (exact) mass is 353 g/mol. The molecule has 1 aromatic carbocycles. The highest BCUT2D eigenvalue weighted by molar-refractivity contribution is 5.52. The van der Waals surface area contributed by atoms with Gasteiger partial charge in [-0.25, -0.2) is 9.97 Å². The average molecular weight is 353 g/mol. The molecule has 2 fully saturated rings. The summed E-state index contributed by atoms with van der Waals surface area (Å²) in [5, 5.41) is 13.1. The Labute approximate surface area is 154 Å². The summed E-state index contributed by atoms with van der Waals surface area (Å²) in [4.78, 5) is 13.6. The van der Waals surface area contributed by atoms with Crippen molar-refractivity contribution < 1.29 is 5.11 Å². The molecule has 138 valence electrons. The first-order valence-electron chi connectivity index (χ1n) is 9.56. The van der Waals surface area contributed by atoms with Crippen molar-refractivity contribution in [1.29, 1.82) is 0 Å². The van der Waals surface area contributed by atoms with E-state index in [0.717, 1.165) is 57.1 Å². The van der Waals surface area contributed by atoms with E-state index in [2.05, 4.69) is 55.4 Å². The van der Waals surface area contributed by atoms with Gasteiger partial charge in [0.25, 0.3) is 0 Å². The molecule has 3 heterocycles. The van der Waals surface area contributed by atoms with Crippen molar-refractivity contribution >= 4 is 17.3 Å². The van der Waals surface area contributed by atoms with Crippen LogP contribution in [0.15, 0.2) is 42.7 Å². The third-order valence-electron chi connectivity index (χ3n) is 5.40. The number of aromatic nitrogens is 2. The molecule has 0 spiro atoms. The van der Waals surface area contributed by atoms with Crippen LogP contribution >= 0.6 is 0 Å². The van der Waals surface area contributed by atoms with Crippen molar-refractivity contribution in [2.24, 2.45) is 5.92 Å². The van der Waals surface area contributed by atoms with Crippen molar-refractivity contribution in [2.45, 2.75) is 25.3 Å². The fourth-order valence-electron chi connectivity index (χ4n) is 3.96. The third-order valence-corrected chi connectivity index (χ3v) is 5.40. The number of aliphatic hydroxyl groups is 1. The Kier molecular flexibility index (Phi) is 5.20. The Bertz CT molecular complexity index is 710. The number of anilines is 3. The smallest absolute Gasteiger partial charge is 0.134 e. The molecule has 2 aromatic rings. The van der Waals surface area contributed by atoms with Gasteiger partial charge in [-0.3, -0.25) is 0 Å². The SMILES string of the molecule is OCC1CCCN(c2cc(N3CCC(Nc4ccccc4)C3)ncn2)C1. The first-order valence-corrected chi connectivity index (χ1v) is 9.56. The van der Waals surface area contributed by atoms with Gasteiger partial charge >= 0.3 is 0 Å². The number of benzene rings is 1. The Hall–Kier alpha value is -2.34. The number of hydrogen-bond donors (Lipinski definition) is 2. The molecule has 1 aromatic heterocycles. The van der Waals surface area contributed by atoms with Crippen LogP contribution in [0.4, 0.5) is 17.3 Å². The van der Waals surface area contributed by atoms with Crippen LogP contribution in [0.5, 0.6) is 0 Å². The Balaban J connectivity index is 1.41. The predicted octanol–water partition coefficient (Wildman–Crippen LogP) is 2.38. The second kappa shape index (κ2) is 7.91. The summed E-state index contributed by atoms with van der Waals surface area (Å²) in [5.41, 5.74) is 1.17. The summed E-state index contributed by atoms with van der Waals surface area (Å²) in [6, 6.07) is 12.9. The fraction of sp³-hybridized carbons (Fsp3) is 0.500. The summed E-state index contributed by atoms with van der Waals surface area (Å²) in [6.45, 7) is 4.09. The number of aliphatic hydroxyl groups excluding tert-OH is 1. The molecule has 2 aliphatic rings. The molecule has 6 heteroatoms. The molecule has 4 rings (SSSR count). The quantitative estimate of drug-likeness (QED) is 0.860. The maximum Gasteiger partial charge on any atom is 0.134 e. The third kappa shape index (κ3) is 3.90. The Morgan fingerprint density at radius 1 is 1.00 bits per heavy atom.